The van der Waals surface area contributed by atoms with Crippen molar-refractivity contribution in [1.29, 1.82) is 0 Å². The molecule has 0 heterocycles. The maximum atomic E-state index is 13.1. The number of alkyl halides is 2. The highest BCUT2D eigenvalue weighted by Crippen LogP contribution is 2.17. The molecule has 0 aliphatic rings. The number of alkyl carbamates (subject to hydrolysis) is 1. The van der Waals surface area contributed by atoms with Crippen molar-refractivity contribution in [3.05, 3.63) is 102 Å². The number of hydrogen-bond acceptors (Lipinski definition) is 6. The van der Waals surface area contributed by atoms with Gasteiger partial charge in [-0.1, -0.05) is 72.8 Å². The summed E-state index contributed by atoms with van der Waals surface area (Å²) >= 11 is 11.9. The monoisotopic (exact) mass is 599 g/mol. The van der Waals surface area contributed by atoms with Gasteiger partial charge in [0.15, 0.2) is 0 Å². The summed E-state index contributed by atoms with van der Waals surface area (Å²) in [7, 11) is 0. The van der Waals surface area contributed by atoms with E-state index < -0.39 is 30.1 Å². The normalized spacial score (nSPS) is 12.1. The third-order valence-electron chi connectivity index (χ3n) is 6.22. The summed E-state index contributed by atoms with van der Waals surface area (Å²) in [5, 5.41) is 5.24. The van der Waals surface area contributed by atoms with E-state index in [0.29, 0.717) is 24.8 Å². The molecule has 0 aliphatic heterocycles. The van der Waals surface area contributed by atoms with E-state index in [0.717, 1.165) is 22.4 Å². The highest BCUT2D eigenvalue weighted by Gasteiger charge is 2.26. The molecule has 2 amide bonds. The lowest BCUT2D eigenvalue weighted by Crippen LogP contribution is -2.51. The Morgan fingerprint density at radius 1 is 0.732 bits per heavy atom. The van der Waals surface area contributed by atoms with Gasteiger partial charge in [-0.2, -0.15) is 0 Å². The van der Waals surface area contributed by atoms with Gasteiger partial charge in [-0.25, -0.2) is 9.59 Å². The summed E-state index contributed by atoms with van der Waals surface area (Å²) in [4.78, 5) is 40.4. The largest absolute Gasteiger partial charge is 0.459 e. The number of carbonyl (C=O) groups excluding carboxylic acids is 3. The predicted octanol–water partition coefficient (Wildman–Crippen LogP) is 5.06. The topological polar surface area (TPSA) is 97.0 Å². The van der Waals surface area contributed by atoms with Crippen LogP contribution in [0, 0.1) is 0 Å². The number of amides is 2. The molecule has 0 saturated heterocycles. The molecule has 41 heavy (non-hydrogen) atoms. The molecular formula is C31H35Cl2N3O5. The Morgan fingerprint density at radius 2 is 1.27 bits per heavy atom. The van der Waals surface area contributed by atoms with Crippen molar-refractivity contribution >= 4 is 46.9 Å². The van der Waals surface area contributed by atoms with Gasteiger partial charge in [-0.3, -0.25) is 4.79 Å². The molecule has 0 bridgehead atoms. The Balaban J connectivity index is 1.64. The molecule has 0 fully saturated rings. The van der Waals surface area contributed by atoms with Gasteiger partial charge in [-0.15, -0.1) is 23.2 Å². The lowest BCUT2D eigenvalue weighted by Gasteiger charge is -2.24. The summed E-state index contributed by atoms with van der Waals surface area (Å²) in [5.41, 5.74) is 3.41. The first kappa shape index (κ1) is 31.8. The van der Waals surface area contributed by atoms with Crippen LogP contribution in [0.15, 0.2) is 84.9 Å². The minimum absolute atomic E-state index is 0.0659. The molecule has 3 aromatic carbocycles. The van der Waals surface area contributed by atoms with Crippen LogP contribution < -0.4 is 15.5 Å². The van der Waals surface area contributed by atoms with E-state index in [1.165, 1.54) is 6.92 Å². The van der Waals surface area contributed by atoms with Crippen LogP contribution in [0.25, 0.3) is 0 Å². The number of hydrogen-bond donors (Lipinski definition) is 2. The summed E-state index contributed by atoms with van der Waals surface area (Å²) in [6.07, 6.45) is -0.552. The van der Waals surface area contributed by atoms with Crippen molar-refractivity contribution in [2.24, 2.45) is 0 Å². The van der Waals surface area contributed by atoms with Crippen LogP contribution in [0.4, 0.5) is 10.5 Å². The quantitative estimate of drug-likeness (QED) is 0.187. The molecule has 0 aliphatic carbocycles. The number of anilines is 1. The highest BCUT2D eigenvalue weighted by molar-refractivity contribution is 6.18. The molecule has 3 rings (SSSR count). The Kier molecular flexibility index (Phi) is 13.3. The zero-order chi connectivity index (χ0) is 29.5. The molecule has 3 aromatic rings. The molecule has 10 heteroatoms. The molecule has 0 radical (unpaired) electrons. The zero-order valence-electron chi connectivity index (χ0n) is 22.9. The van der Waals surface area contributed by atoms with Crippen molar-refractivity contribution in [2.45, 2.75) is 38.6 Å². The SMILES string of the molecule is C[C@@H](NC(=O)OCc1ccccc1)C(=O)N[C@@H](Cc1ccc(N(CCCl)CCCl)cc1)C(=O)OCc1ccccc1. The van der Waals surface area contributed by atoms with E-state index in [4.69, 9.17) is 32.7 Å². The summed E-state index contributed by atoms with van der Waals surface area (Å²) in [6.45, 7) is 2.95. The summed E-state index contributed by atoms with van der Waals surface area (Å²) in [6, 6.07) is 24.2. The fourth-order valence-corrected chi connectivity index (χ4v) is 4.39. The third kappa shape index (κ3) is 11.0. The summed E-state index contributed by atoms with van der Waals surface area (Å²) < 4.78 is 10.7. The van der Waals surface area contributed by atoms with Crippen LogP contribution in [0.3, 0.4) is 0 Å². The van der Waals surface area contributed by atoms with Gasteiger partial charge >= 0.3 is 12.1 Å². The van der Waals surface area contributed by atoms with Crippen LogP contribution in [0.2, 0.25) is 0 Å². The Hall–Kier alpha value is -3.75. The number of nitrogens with one attached hydrogen (secondary N) is 2. The number of benzene rings is 3. The molecule has 0 spiro atoms. The number of esters is 1. The van der Waals surface area contributed by atoms with Crippen LogP contribution in [0.5, 0.6) is 0 Å². The van der Waals surface area contributed by atoms with Gasteiger partial charge in [0.05, 0.1) is 0 Å². The van der Waals surface area contributed by atoms with E-state index in [9.17, 15) is 14.4 Å². The Labute approximate surface area is 250 Å². The van der Waals surface area contributed by atoms with Gasteiger partial charge in [0.2, 0.25) is 5.91 Å². The lowest BCUT2D eigenvalue weighted by atomic mass is 10.0. The third-order valence-corrected chi connectivity index (χ3v) is 6.55. The molecule has 218 valence electrons. The first-order valence-electron chi connectivity index (χ1n) is 13.3. The Bertz CT molecular complexity index is 1220. The number of nitrogens with zero attached hydrogens (tertiary/aromatic N) is 1. The second kappa shape index (κ2) is 17.1. The molecule has 0 unspecified atom stereocenters. The van der Waals surface area contributed by atoms with E-state index in [1.54, 1.807) is 0 Å². The standard InChI is InChI=1S/C31H35Cl2N3O5/c1-23(34-31(39)41-22-26-10-6-3-7-11-26)29(37)35-28(30(38)40-21-25-8-4-2-5-9-25)20-24-12-14-27(15-13-24)36(18-16-32)19-17-33/h2-15,23,28H,16-22H2,1H3,(H,34,39)(H,35,37)/t23-,28+/m1/s1. The first-order chi connectivity index (χ1) is 19.9. The van der Waals surface area contributed by atoms with Gasteiger partial charge < -0.3 is 25.0 Å². The molecule has 0 saturated carbocycles. The molecular weight excluding hydrogens is 565 g/mol. The van der Waals surface area contributed by atoms with Crippen LogP contribution in [0.1, 0.15) is 23.6 Å². The molecule has 0 aromatic heterocycles. The maximum absolute atomic E-state index is 13.1. The molecule has 8 nitrogen and oxygen atoms in total. The second-order valence-corrected chi connectivity index (χ2v) is 10.1. The Morgan fingerprint density at radius 3 is 1.80 bits per heavy atom. The van der Waals surface area contributed by atoms with Crippen molar-refractivity contribution in [2.75, 3.05) is 29.7 Å². The fraction of sp³-hybridized carbons (Fsp3) is 0.323. The molecule has 2 atom stereocenters. The van der Waals surface area contributed by atoms with E-state index in [-0.39, 0.29) is 19.6 Å². The minimum atomic E-state index is -0.983. The van der Waals surface area contributed by atoms with E-state index in [2.05, 4.69) is 15.5 Å². The number of carbonyl (C=O) groups is 3. The molecule has 2 N–H and O–H groups in total. The van der Waals surface area contributed by atoms with Crippen molar-refractivity contribution < 1.29 is 23.9 Å². The van der Waals surface area contributed by atoms with Crippen molar-refractivity contribution in [3.8, 4) is 0 Å². The predicted molar refractivity (Wildman–Crippen MR) is 161 cm³/mol. The van der Waals surface area contributed by atoms with Crippen molar-refractivity contribution in [1.82, 2.24) is 10.6 Å². The number of ether oxygens (including phenoxy) is 2. The number of halogens is 2. The zero-order valence-corrected chi connectivity index (χ0v) is 24.4. The lowest BCUT2D eigenvalue weighted by molar-refractivity contribution is -0.149. The smallest absolute Gasteiger partial charge is 0.408 e. The first-order valence-corrected chi connectivity index (χ1v) is 14.4. The van der Waals surface area contributed by atoms with E-state index in [1.807, 2.05) is 84.9 Å². The van der Waals surface area contributed by atoms with Gasteiger partial charge in [-0.05, 0) is 35.7 Å². The maximum Gasteiger partial charge on any atom is 0.408 e. The van der Waals surface area contributed by atoms with Crippen LogP contribution >= 0.6 is 23.2 Å². The van der Waals surface area contributed by atoms with Crippen LogP contribution in [-0.4, -0.2) is 54.9 Å². The van der Waals surface area contributed by atoms with Gasteiger partial charge in [0.25, 0.3) is 0 Å². The van der Waals surface area contributed by atoms with Crippen LogP contribution in [-0.2, 0) is 38.7 Å². The summed E-state index contributed by atoms with van der Waals surface area (Å²) in [5.74, 6) is -0.204. The van der Waals surface area contributed by atoms with E-state index >= 15 is 0 Å². The minimum Gasteiger partial charge on any atom is -0.459 e. The average Bonchev–Trinajstić information content (AvgIpc) is 2.99. The fourth-order valence-electron chi connectivity index (χ4n) is 3.98. The second-order valence-electron chi connectivity index (χ2n) is 9.32. The highest BCUT2D eigenvalue weighted by atomic mass is 35.5. The van der Waals surface area contributed by atoms with Gasteiger partial charge in [0.1, 0.15) is 25.3 Å². The van der Waals surface area contributed by atoms with Gasteiger partial charge in [0, 0.05) is 37.0 Å². The van der Waals surface area contributed by atoms with Crippen molar-refractivity contribution in [3.63, 3.8) is 0 Å². The number of rotatable bonds is 15. The average molecular weight is 601 g/mol.